The van der Waals surface area contributed by atoms with Gasteiger partial charge < -0.3 is 5.32 Å². The Hall–Kier alpha value is -2.96. The summed E-state index contributed by atoms with van der Waals surface area (Å²) in [4.78, 5) is 22.1. The Morgan fingerprint density at radius 1 is 1.29 bits per heavy atom. The molecule has 3 heterocycles. The van der Waals surface area contributed by atoms with E-state index in [0.29, 0.717) is 22.4 Å². The van der Waals surface area contributed by atoms with E-state index in [4.69, 9.17) is 0 Å². The lowest BCUT2D eigenvalue weighted by molar-refractivity contribution is 0.446. The largest absolute Gasteiger partial charge is 0.363 e. The molecule has 0 amide bonds. The van der Waals surface area contributed by atoms with Crippen molar-refractivity contribution >= 4 is 35.8 Å². The second kappa shape index (κ2) is 9.97. The van der Waals surface area contributed by atoms with Crippen molar-refractivity contribution in [3.05, 3.63) is 63.5 Å². The lowest BCUT2D eigenvalue weighted by atomic mass is 9.77. The van der Waals surface area contributed by atoms with E-state index >= 15 is 4.39 Å². The molecule has 2 aliphatic rings. The summed E-state index contributed by atoms with van der Waals surface area (Å²) in [6.07, 6.45) is 3.76. The van der Waals surface area contributed by atoms with Crippen LogP contribution in [0.15, 0.2) is 39.8 Å². The predicted molar refractivity (Wildman–Crippen MR) is 147 cm³/mol. The summed E-state index contributed by atoms with van der Waals surface area (Å²) in [6, 6.07) is 8.12. The zero-order valence-corrected chi connectivity index (χ0v) is 23.1. The normalized spacial score (nSPS) is 24.9. The summed E-state index contributed by atoms with van der Waals surface area (Å²) in [6.45, 7) is 1.73. The Labute approximate surface area is 222 Å². The fourth-order valence-corrected chi connectivity index (χ4v) is 7.78. The number of hydrogen-bond donors (Lipinski definition) is 1. The zero-order chi connectivity index (χ0) is 27.2. The number of benzene rings is 1. The van der Waals surface area contributed by atoms with E-state index in [2.05, 4.69) is 25.7 Å². The van der Waals surface area contributed by atoms with Gasteiger partial charge in [-0.05, 0) is 38.7 Å². The number of nitriles is 1. The summed E-state index contributed by atoms with van der Waals surface area (Å²) in [5, 5.41) is 13.9. The number of alkyl halides is 1. The molecule has 1 saturated carbocycles. The molecule has 12 heteroatoms. The van der Waals surface area contributed by atoms with E-state index in [1.54, 1.807) is 32.2 Å². The van der Waals surface area contributed by atoms with Crippen molar-refractivity contribution in [2.75, 3.05) is 16.8 Å². The van der Waals surface area contributed by atoms with Gasteiger partial charge in [0, 0.05) is 45.0 Å². The molecule has 200 valence electrons. The summed E-state index contributed by atoms with van der Waals surface area (Å²) in [5.74, 6) is -1.29. The topological polar surface area (TPSA) is 113 Å². The maximum absolute atomic E-state index is 15.0. The number of nitrogens with zero attached hydrogens (tertiary/aromatic N) is 5. The van der Waals surface area contributed by atoms with E-state index in [1.165, 1.54) is 17.0 Å². The molecule has 1 N–H and O–H groups in total. The SMILES string of the molecule is C[C@@H](Nc1ncnc2c1cc(C1(C#N)CCS(=O)(=NC3CC3)CC1)c(=O)n2C)c1cccc(C(F)P)c1F. The molecular weight excluding hydrogens is 529 g/mol. The molecule has 0 bridgehead atoms. The Bertz CT molecular complexity index is 1630. The highest BCUT2D eigenvalue weighted by molar-refractivity contribution is 7.93. The van der Waals surface area contributed by atoms with Crippen LogP contribution in [-0.2, 0) is 22.2 Å². The van der Waals surface area contributed by atoms with Crippen LogP contribution < -0.4 is 10.9 Å². The lowest BCUT2D eigenvalue weighted by Crippen LogP contribution is -2.41. The molecule has 2 aromatic heterocycles. The molecule has 8 nitrogen and oxygen atoms in total. The molecule has 0 radical (unpaired) electrons. The van der Waals surface area contributed by atoms with Gasteiger partial charge in [0.2, 0.25) is 0 Å². The zero-order valence-electron chi connectivity index (χ0n) is 21.2. The number of aromatic nitrogens is 3. The van der Waals surface area contributed by atoms with Gasteiger partial charge in [0.05, 0.1) is 29.0 Å². The smallest absolute Gasteiger partial charge is 0.256 e. The van der Waals surface area contributed by atoms with Crippen LogP contribution in [0.25, 0.3) is 11.0 Å². The van der Waals surface area contributed by atoms with Gasteiger partial charge in [-0.15, -0.1) is 0 Å². The fourth-order valence-electron chi connectivity index (χ4n) is 5.02. The molecule has 3 aromatic rings. The first-order valence-electron chi connectivity index (χ1n) is 12.5. The Morgan fingerprint density at radius 3 is 2.61 bits per heavy atom. The van der Waals surface area contributed by atoms with Crippen LogP contribution in [0.5, 0.6) is 0 Å². The number of hydrogen-bond acceptors (Lipinski definition) is 7. The highest BCUT2D eigenvalue weighted by Crippen LogP contribution is 2.38. The van der Waals surface area contributed by atoms with Gasteiger partial charge in [0.15, 0.2) is 0 Å². The van der Waals surface area contributed by atoms with Gasteiger partial charge in [0.1, 0.15) is 29.5 Å². The van der Waals surface area contributed by atoms with Crippen molar-refractivity contribution in [3.8, 4) is 6.07 Å². The molecule has 0 spiro atoms. The quantitative estimate of drug-likeness (QED) is 0.440. The first-order chi connectivity index (χ1) is 18.1. The first kappa shape index (κ1) is 26.6. The molecule has 38 heavy (non-hydrogen) atoms. The third-order valence-electron chi connectivity index (χ3n) is 7.49. The van der Waals surface area contributed by atoms with E-state index in [1.807, 2.05) is 9.24 Å². The minimum atomic E-state index is -2.39. The molecule has 1 saturated heterocycles. The highest BCUT2D eigenvalue weighted by atomic mass is 32.2. The van der Waals surface area contributed by atoms with Crippen molar-refractivity contribution < 1.29 is 13.0 Å². The molecule has 3 atom stereocenters. The van der Waals surface area contributed by atoms with Crippen LogP contribution in [0, 0.1) is 17.1 Å². The van der Waals surface area contributed by atoms with Gasteiger partial charge in [-0.1, -0.05) is 27.4 Å². The molecule has 1 aromatic carbocycles. The van der Waals surface area contributed by atoms with E-state index in [9.17, 15) is 18.7 Å². The van der Waals surface area contributed by atoms with Crippen LogP contribution in [0.4, 0.5) is 14.6 Å². The van der Waals surface area contributed by atoms with Gasteiger partial charge in [-0.25, -0.2) is 27.3 Å². The van der Waals surface area contributed by atoms with Gasteiger partial charge in [0.25, 0.3) is 5.56 Å². The highest BCUT2D eigenvalue weighted by Gasteiger charge is 2.41. The minimum absolute atomic E-state index is 0.0587. The van der Waals surface area contributed by atoms with Crippen LogP contribution in [-0.4, -0.2) is 36.3 Å². The van der Waals surface area contributed by atoms with Crippen LogP contribution in [0.2, 0.25) is 0 Å². The van der Waals surface area contributed by atoms with Crippen molar-refractivity contribution in [3.63, 3.8) is 0 Å². The number of pyridine rings is 1. The predicted octanol–water partition coefficient (Wildman–Crippen LogP) is 4.67. The van der Waals surface area contributed by atoms with Crippen LogP contribution in [0.1, 0.15) is 61.3 Å². The van der Waals surface area contributed by atoms with Crippen molar-refractivity contribution in [1.29, 1.82) is 5.26 Å². The average molecular weight is 559 g/mol. The molecule has 2 fully saturated rings. The Kier molecular flexibility index (Phi) is 6.99. The van der Waals surface area contributed by atoms with Crippen molar-refractivity contribution in [1.82, 2.24) is 14.5 Å². The van der Waals surface area contributed by atoms with Crippen LogP contribution >= 0.6 is 9.24 Å². The average Bonchev–Trinajstić information content (AvgIpc) is 3.71. The van der Waals surface area contributed by atoms with Gasteiger partial charge in [-0.2, -0.15) is 5.26 Å². The van der Waals surface area contributed by atoms with Gasteiger partial charge >= 0.3 is 0 Å². The van der Waals surface area contributed by atoms with Crippen molar-refractivity contribution in [2.45, 2.75) is 56.0 Å². The van der Waals surface area contributed by atoms with Gasteiger partial charge in [-0.3, -0.25) is 9.36 Å². The summed E-state index contributed by atoms with van der Waals surface area (Å²) >= 11 is 0. The van der Waals surface area contributed by atoms with E-state index in [0.717, 1.165) is 12.8 Å². The number of aryl methyl sites for hydroxylation is 1. The standard InChI is InChI=1S/C26H29F2N6O2PS/c1-15(17-4-3-5-18(21(17)27)22(28)37)32-23-19-12-20(25(35)34(2)24(19)31-14-30-23)26(13-29)8-10-38(36,11-9-26)33-16-6-7-16/h3-5,12,14-16,22H,6-11,37H2,1-2H3,(H,30,31,32)/t15-,22?,26?,38?/m1/s1. The first-order valence-corrected chi connectivity index (χ1v) is 15.0. The third kappa shape index (κ3) is 4.80. The summed E-state index contributed by atoms with van der Waals surface area (Å²) in [5.41, 5.74) is -0.613. The third-order valence-corrected chi connectivity index (χ3v) is 10.2. The van der Waals surface area contributed by atoms with Crippen molar-refractivity contribution in [2.24, 2.45) is 11.4 Å². The second-order valence-electron chi connectivity index (χ2n) is 10.1. The van der Waals surface area contributed by atoms with E-state index in [-0.39, 0.29) is 47.1 Å². The summed E-state index contributed by atoms with van der Waals surface area (Å²) < 4.78 is 48.0. The second-order valence-corrected chi connectivity index (χ2v) is 13.3. The monoisotopic (exact) mass is 558 g/mol. The minimum Gasteiger partial charge on any atom is -0.363 e. The number of nitrogens with one attached hydrogen (secondary N) is 1. The van der Waals surface area contributed by atoms with Crippen LogP contribution in [0.3, 0.4) is 0 Å². The van der Waals surface area contributed by atoms with E-state index < -0.39 is 32.9 Å². The number of fused-ring (bicyclic) bond motifs is 1. The molecule has 1 aliphatic carbocycles. The Balaban J connectivity index is 1.55. The lowest BCUT2D eigenvalue weighted by Gasteiger charge is -2.32. The number of rotatable bonds is 6. The molecule has 1 aliphatic heterocycles. The maximum atomic E-state index is 15.0. The maximum Gasteiger partial charge on any atom is 0.256 e. The molecular formula is C26H29F2N6O2PS. The summed E-state index contributed by atoms with van der Waals surface area (Å²) in [7, 11) is 1.14. The number of anilines is 1. The fraction of sp³-hybridized carbons (Fsp3) is 0.462. The molecule has 2 unspecified atom stereocenters. The Morgan fingerprint density at radius 2 is 1.97 bits per heavy atom. The number of halogens is 2. The molecule has 5 rings (SSSR count).